The van der Waals surface area contributed by atoms with Gasteiger partial charge in [0.1, 0.15) is 5.76 Å². The van der Waals surface area contributed by atoms with Gasteiger partial charge in [-0.05, 0) is 19.3 Å². The lowest BCUT2D eigenvalue weighted by Gasteiger charge is -2.27. The monoisotopic (exact) mass is 293 g/mol. The Morgan fingerprint density at radius 3 is 2.62 bits per heavy atom. The third-order valence-corrected chi connectivity index (χ3v) is 4.22. The number of aliphatic hydroxyl groups excluding tert-OH is 1. The Morgan fingerprint density at radius 2 is 2.05 bits per heavy atom. The van der Waals surface area contributed by atoms with Crippen molar-refractivity contribution in [1.29, 1.82) is 0 Å². The molecule has 1 unspecified atom stereocenters. The quantitative estimate of drug-likeness (QED) is 0.927. The molecule has 1 heterocycles. The SMILES string of the molecule is Cc1c(C(=O)N(C)C(C)CO)oc2c1C(=O)CC(C)(C)C2. The van der Waals surface area contributed by atoms with Crippen molar-refractivity contribution < 1.29 is 19.1 Å². The second-order valence-corrected chi connectivity index (χ2v) is 6.74. The summed E-state index contributed by atoms with van der Waals surface area (Å²) in [7, 11) is 1.62. The van der Waals surface area contributed by atoms with Crippen molar-refractivity contribution in [3.8, 4) is 0 Å². The highest BCUT2D eigenvalue weighted by Crippen LogP contribution is 2.38. The smallest absolute Gasteiger partial charge is 0.289 e. The van der Waals surface area contributed by atoms with Gasteiger partial charge in [0.25, 0.3) is 5.91 Å². The van der Waals surface area contributed by atoms with E-state index in [0.717, 1.165) is 0 Å². The molecule has 21 heavy (non-hydrogen) atoms. The van der Waals surface area contributed by atoms with E-state index in [-0.39, 0.29) is 35.5 Å². The van der Waals surface area contributed by atoms with Crippen LogP contribution in [-0.4, -0.2) is 41.4 Å². The van der Waals surface area contributed by atoms with Crippen LogP contribution < -0.4 is 0 Å². The average molecular weight is 293 g/mol. The molecule has 1 N–H and O–H groups in total. The summed E-state index contributed by atoms with van der Waals surface area (Å²) in [5.41, 5.74) is 1.05. The second kappa shape index (κ2) is 5.30. The summed E-state index contributed by atoms with van der Waals surface area (Å²) in [6.07, 6.45) is 1.12. The Balaban J connectivity index is 2.41. The Kier molecular flexibility index (Phi) is 3.97. The third kappa shape index (κ3) is 2.75. The number of hydrogen-bond acceptors (Lipinski definition) is 4. The number of rotatable bonds is 3. The lowest BCUT2D eigenvalue weighted by Crippen LogP contribution is -2.37. The maximum Gasteiger partial charge on any atom is 0.289 e. The fourth-order valence-corrected chi connectivity index (χ4v) is 2.77. The van der Waals surface area contributed by atoms with Crippen LogP contribution in [0.3, 0.4) is 0 Å². The number of Topliss-reactive ketones (excluding diaryl/α,β-unsaturated/α-hetero) is 1. The van der Waals surface area contributed by atoms with Crippen LogP contribution >= 0.6 is 0 Å². The molecule has 116 valence electrons. The van der Waals surface area contributed by atoms with Gasteiger partial charge in [0.2, 0.25) is 0 Å². The van der Waals surface area contributed by atoms with Crippen molar-refractivity contribution >= 4 is 11.7 Å². The molecule has 0 bridgehead atoms. The van der Waals surface area contributed by atoms with Crippen molar-refractivity contribution in [2.75, 3.05) is 13.7 Å². The van der Waals surface area contributed by atoms with E-state index in [1.54, 1.807) is 20.9 Å². The van der Waals surface area contributed by atoms with Crippen molar-refractivity contribution in [3.63, 3.8) is 0 Å². The molecule has 0 aliphatic heterocycles. The second-order valence-electron chi connectivity index (χ2n) is 6.74. The summed E-state index contributed by atoms with van der Waals surface area (Å²) in [6.45, 7) is 7.43. The minimum atomic E-state index is -0.300. The highest BCUT2D eigenvalue weighted by atomic mass is 16.4. The van der Waals surface area contributed by atoms with Crippen LogP contribution in [0.4, 0.5) is 0 Å². The third-order valence-electron chi connectivity index (χ3n) is 4.22. The number of fused-ring (bicyclic) bond motifs is 1. The van der Waals surface area contributed by atoms with Crippen molar-refractivity contribution in [2.24, 2.45) is 5.41 Å². The van der Waals surface area contributed by atoms with E-state index >= 15 is 0 Å². The fraction of sp³-hybridized carbons (Fsp3) is 0.625. The number of furan rings is 1. The number of carbonyl (C=O) groups is 2. The molecule has 0 saturated heterocycles. The van der Waals surface area contributed by atoms with Gasteiger partial charge in [-0.1, -0.05) is 13.8 Å². The van der Waals surface area contributed by atoms with Crippen LogP contribution in [-0.2, 0) is 6.42 Å². The van der Waals surface area contributed by atoms with E-state index in [2.05, 4.69) is 0 Å². The summed E-state index contributed by atoms with van der Waals surface area (Å²) in [6, 6.07) is -0.300. The molecule has 0 radical (unpaired) electrons. The number of hydrogen-bond donors (Lipinski definition) is 1. The molecule has 5 heteroatoms. The van der Waals surface area contributed by atoms with Gasteiger partial charge in [0, 0.05) is 25.5 Å². The number of carbonyl (C=O) groups excluding carboxylic acids is 2. The Bertz CT molecular complexity index is 585. The molecule has 0 saturated carbocycles. The summed E-state index contributed by atoms with van der Waals surface area (Å²) < 4.78 is 5.73. The van der Waals surface area contributed by atoms with Gasteiger partial charge >= 0.3 is 0 Å². The highest BCUT2D eigenvalue weighted by Gasteiger charge is 2.37. The van der Waals surface area contributed by atoms with Crippen LogP contribution in [0.2, 0.25) is 0 Å². The van der Waals surface area contributed by atoms with E-state index in [4.69, 9.17) is 9.52 Å². The number of ketones is 1. The lowest BCUT2D eigenvalue weighted by atomic mass is 9.76. The first-order chi connectivity index (χ1) is 9.68. The maximum absolute atomic E-state index is 12.5. The zero-order valence-corrected chi connectivity index (χ0v) is 13.3. The molecule has 1 aliphatic carbocycles. The maximum atomic E-state index is 12.5. The first-order valence-electron chi connectivity index (χ1n) is 7.21. The van der Waals surface area contributed by atoms with Crippen LogP contribution in [0.5, 0.6) is 0 Å². The van der Waals surface area contributed by atoms with Gasteiger partial charge in [-0.3, -0.25) is 9.59 Å². The first-order valence-corrected chi connectivity index (χ1v) is 7.21. The molecule has 1 aromatic heterocycles. The Morgan fingerprint density at radius 1 is 1.43 bits per heavy atom. The van der Waals surface area contributed by atoms with E-state index < -0.39 is 0 Å². The molecular formula is C16H23NO4. The molecule has 0 fully saturated rings. The first kappa shape index (κ1) is 15.8. The van der Waals surface area contributed by atoms with Gasteiger partial charge < -0.3 is 14.4 Å². The molecule has 0 spiro atoms. The highest BCUT2D eigenvalue weighted by molar-refractivity contribution is 6.03. The molecule has 5 nitrogen and oxygen atoms in total. The average Bonchev–Trinajstić information content (AvgIpc) is 2.71. The molecule has 1 aliphatic rings. The Labute approximate surface area is 124 Å². The zero-order valence-electron chi connectivity index (χ0n) is 13.3. The largest absolute Gasteiger partial charge is 0.455 e. The molecule has 1 atom stereocenters. The number of aliphatic hydroxyl groups is 1. The summed E-state index contributed by atoms with van der Waals surface area (Å²) >= 11 is 0. The van der Waals surface area contributed by atoms with Gasteiger partial charge in [0.15, 0.2) is 11.5 Å². The van der Waals surface area contributed by atoms with Crippen LogP contribution in [0, 0.1) is 12.3 Å². The van der Waals surface area contributed by atoms with Gasteiger partial charge in [-0.15, -0.1) is 0 Å². The normalized spacial score (nSPS) is 18.3. The standard InChI is InChI=1S/C16H23NO4/c1-9(8-18)17(5)15(20)14-10(2)13-11(19)6-16(3,4)7-12(13)21-14/h9,18H,6-8H2,1-5H3. The number of amides is 1. The minimum absolute atomic E-state index is 0.0411. The topological polar surface area (TPSA) is 70.8 Å². The van der Waals surface area contributed by atoms with E-state index in [1.165, 1.54) is 4.90 Å². The van der Waals surface area contributed by atoms with E-state index in [1.807, 2.05) is 13.8 Å². The lowest BCUT2D eigenvalue weighted by molar-refractivity contribution is 0.0645. The van der Waals surface area contributed by atoms with E-state index in [9.17, 15) is 9.59 Å². The minimum Gasteiger partial charge on any atom is -0.455 e. The Hall–Kier alpha value is -1.62. The number of nitrogens with zero attached hydrogens (tertiary/aromatic N) is 1. The van der Waals surface area contributed by atoms with Gasteiger partial charge in [0.05, 0.1) is 18.2 Å². The van der Waals surface area contributed by atoms with Gasteiger partial charge in [-0.25, -0.2) is 0 Å². The molecular weight excluding hydrogens is 270 g/mol. The predicted molar refractivity (Wildman–Crippen MR) is 78.5 cm³/mol. The molecule has 1 amide bonds. The van der Waals surface area contributed by atoms with Crippen molar-refractivity contribution in [1.82, 2.24) is 4.90 Å². The summed E-state index contributed by atoms with van der Waals surface area (Å²) in [5.74, 6) is 0.574. The van der Waals surface area contributed by atoms with Crippen LogP contribution in [0.1, 0.15) is 59.4 Å². The van der Waals surface area contributed by atoms with Crippen molar-refractivity contribution in [2.45, 2.75) is 46.6 Å². The number of likely N-dealkylation sites (N-methyl/N-ethyl adjacent to an activating group) is 1. The fourth-order valence-electron chi connectivity index (χ4n) is 2.77. The van der Waals surface area contributed by atoms with Crippen LogP contribution in [0.15, 0.2) is 4.42 Å². The molecule has 0 aromatic carbocycles. The molecule has 1 aromatic rings. The van der Waals surface area contributed by atoms with Crippen molar-refractivity contribution in [3.05, 3.63) is 22.6 Å². The van der Waals surface area contributed by atoms with Gasteiger partial charge in [-0.2, -0.15) is 0 Å². The summed E-state index contributed by atoms with van der Waals surface area (Å²) in [4.78, 5) is 26.2. The molecule has 2 rings (SSSR count). The summed E-state index contributed by atoms with van der Waals surface area (Å²) in [5, 5.41) is 9.16. The van der Waals surface area contributed by atoms with E-state index in [0.29, 0.717) is 29.7 Å². The predicted octanol–water partition coefficient (Wildman–Crippen LogP) is 2.20. The van der Waals surface area contributed by atoms with Crippen LogP contribution in [0.25, 0.3) is 0 Å². The zero-order chi connectivity index (χ0) is 15.9.